The van der Waals surface area contributed by atoms with Gasteiger partial charge in [0.25, 0.3) is 0 Å². The number of benzene rings is 1. The smallest absolute Gasteiger partial charge is 0.143 e. The molecular formula is C17H17ClNO3-. The molecular weight excluding hydrogens is 302 g/mol. The Hall–Kier alpha value is -1.81. The van der Waals surface area contributed by atoms with Crippen LogP contribution in [0.5, 0.6) is 0 Å². The first-order chi connectivity index (χ1) is 10.4. The van der Waals surface area contributed by atoms with Gasteiger partial charge in [0.1, 0.15) is 11.5 Å². The Kier molecular flexibility index (Phi) is 3.73. The minimum atomic E-state index is -0.995. The van der Waals surface area contributed by atoms with Crippen LogP contribution in [0, 0.1) is 5.41 Å². The van der Waals surface area contributed by atoms with Crippen LogP contribution in [0.25, 0.3) is 11.3 Å². The summed E-state index contributed by atoms with van der Waals surface area (Å²) >= 11 is 5.92. The molecule has 4 nitrogen and oxygen atoms in total. The molecule has 0 saturated heterocycles. The van der Waals surface area contributed by atoms with Gasteiger partial charge >= 0.3 is 0 Å². The van der Waals surface area contributed by atoms with Crippen molar-refractivity contribution in [1.82, 2.24) is 5.16 Å². The number of nitrogens with zero attached hydrogens (tertiary/aromatic N) is 1. The first-order valence-electron chi connectivity index (χ1n) is 7.36. The number of halogens is 1. The van der Waals surface area contributed by atoms with E-state index in [0.29, 0.717) is 24.3 Å². The fourth-order valence-corrected chi connectivity index (χ4v) is 3.37. The van der Waals surface area contributed by atoms with E-state index < -0.39 is 11.4 Å². The fraction of sp³-hybridized carbons (Fsp3) is 0.412. The quantitative estimate of drug-likeness (QED) is 0.798. The van der Waals surface area contributed by atoms with Crippen molar-refractivity contribution in [3.63, 3.8) is 0 Å². The highest BCUT2D eigenvalue weighted by Crippen LogP contribution is 2.43. The molecule has 5 heteroatoms. The lowest BCUT2D eigenvalue weighted by atomic mass is 9.79. The Labute approximate surface area is 134 Å². The second-order valence-electron chi connectivity index (χ2n) is 6.33. The number of aliphatic carboxylic acids is 1. The lowest BCUT2D eigenvalue weighted by Gasteiger charge is -2.30. The Morgan fingerprint density at radius 2 is 2.09 bits per heavy atom. The van der Waals surface area contributed by atoms with E-state index in [1.165, 1.54) is 0 Å². The average Bonchev–Trinajstić information content (AvgIpc) is 2.84. The van der Waals surface area contributed by atoms with E-state index in [9.17, 15) is 9.90 Å². The second-order valence-corrected chi connectivity index (χ2v) is 6.77. The van der Waals surface area contributed by atoms with Crippen molar-refractivity contribution >= 4 is 17.6 Å². The topological polar surface area (TPSA) is 66.2 Å². The van der Waals surface area contributed by atoms with Crippen LogP contribution in [-0.2, 0) is 11.2 Å². The van der Waals surface area contributed by atoms with Crippen molar-refractivity contribution < 1.29 is 14.4 Å². The van der Waals surface area contributed by atoms with Gasteiger partial charge in [0.05, 0.1) is 0 Å². The van der Waals surface area contributed by atoms with Crippen molar-refractivity contribution in [2.24, 2.45) is 5.41 Å². The Morgan fingerprint density at radius 1 is 1.41 bits per heavy atom. The Balaban J connectivity index is 2.01. The zero-order chi connectivity index (χ0) is 15.9. The lowest BCUT2D eigenvalue weighted by Crippen LogP contribution is -2.40. The third-order valence-electron chi connectivity index (χ3n) is 4.56. The summed E-state index contributed by atoms with van der Waals surface area (Å²) in [6.07, 6.45) is 1.64. The maximum atomic E-state index is 11.5. The minimum Gasteiger partial charge on any atom is -0.550 e. The van der Waals surface area contributed by atoms with Crippen LogP contribution in [0.2, 0.25) is 5.02 Å². The van der Waals surface area contributed by atoms with Crippen LogP contribution in [-0.4, -0.2) is 11.1 Å². The van der Waals surface area contributed by atoms with E-state index in [1.807, 2.05) is 31.2 Å². The monoisotopic (exact) mass is 318 g/mol. The first kappa shape index (κ1) is 15.1. The average molecular weight is 319 g/mol. The molecule has 1 heterocycles. The third-order valence-corrected chi connectivity index (χ3v) is 4.81. The summed E-state index contributed by atoms with van der Waals surface area (Å²) in [5, 5.41) is 16.3. The number of rotatable bonds is 2. The molecule has 116 valence electrons. The number of carboxylic acid groups (broad SMARTS) is 1. The van der Waals surface area contributed by atoms with Gasteiger partial charge < -0.3 is 14.4 Å². The number of hydrogen-bond donors (Lipinski definition) is 0. The zero-order valence-electron chi connectivity index (χ0n) is 12.6. The number of carbonyl (C=O) groups excluding carboxylic acids is 1. The number of hydrogen-bond acceptors (Lipinski definition) is 4. The van der Waals surface area contributed by atoms with Gasteiger partial charge in [-0.2, -0.15) is 0 Å². The van der Waals surface area contributed by atoms with Gasteiger partial charge in [-0.25, -0.2) is 0 Å². The number of fused-ring (bicyclic) bond motifs is 1. The summed E-state index contributed by atoms with van der Waals surface area (Å²) in [7, 11) is 0. The standard InChI is InChI=1S/C17H18ClNO3/c1-10-9-17(2,16(20)21)8-7-13-14(19-22-15(10)13)11-3-5-12(18)6-4-11/h3-6,10H,7-9H2,1-2H3,(H,20,21)/p-1. The molecule has 0 spiro atoms. The molecule has 0 aliphatic heterocycles. The molecule has 0 saturated carbocycles. The Bertz CT molecular complexity index is 707. The predicted molar refractivity (Wildman–Crippen MR) is 81.4 cm³/mol. The van der Waals surface area contributed by atoms with Gasteiger partial charge in [0.2, 0.25) is 0 Å². The maximum Gasteiger partial charge on any atom is 0.143 e. The van der Waals surface area contributed by atoms with Crippen molar-refractivity contribution in [3.8, 4) is 11.3 Å². The second kappa shape index (κ2) is 5.43. The van der Waals surface area contributed by atoms with Crippen molar-refractivity contribution in [3.05, 3.63) is 40.6 Å². The SMILES string of the molecule is CC1CC(C)(C(=O)[O-])CCc2c(-c3ccc(Cl)cc3)noc21. The molecule has 0 N–H and O–H groups in total. The van der Waals surface area contributed by atoms with Crippen LogP contribution in [0.3, 0.4) is 0 Å². The normalized spacial score (nSPS) is 24.6. The molecule has 1 aliphatic carbocycles. The van der Waals surface area contributed by atoms with E-state index in [2.05, 4.69) is 5.16 Å². The summed E-state index contributed by atoms with van der Waals surface area (Å²) in [5.41, 5.74) is 1.87. The molecule has 2 unspecified atom stereocenters. The molecule has 0 fully saturated rings. The molecule has 0 bridgehead atoms. The highest BCUT2D eigenvalue weighted by atomic mass is 35.5. The number of carboxylic acids is 1. The van der Waals surface area contributed by atoms with Crippen molar-refractivity contribution in [2.45, 2.75) is 39.0 Å². The van der Waals surface area contributed by atoms with Gasteiger partial charge in [-0.1, -0.05) is 42.7 Å². The molecule has 0 amide bonds. The van der Waals surface area contributed by atoms with Gasteiger partial charge in [-0.05, 0) is 31.4 Å². The van der Waals surface area contributed by atoms with E-state index in [-0.39, 0.29) is 5.92 Å². The highest BCUT2D eigenvalue weighted by Gasteiger charge is 2.36. The van der Waals surface area contributed by atoms with Crippen LogP contribution >= 0.6 is 11.6 Å². The minimum absolute atomic E-state index is 0.00560. The van der Waals surface area contributed by atoms with Gasteiger partial charge in [-0.3, -0.25) is 0 Å². The number of aromatic nitrogens is 1. The third kappa shape index (κ3) is 2.52. The van der Waals surface area contributed by atoms with Crippen LogP contribution in [0.4, 0.5) is 0 Å². The fourth-order valence-electron chi connectivity index (χ4n) is 3.24. The van der Waals surface area contributed by atoms with Crippen LogP contribution in [0.15, 0.2) is 28.8 Å². The molecule has 1 aliphatic rings. The summed E-state index contributed by atoms with van der Waals surface area (Å²) in [4.78, 5) is 11.5. The van der Waals surface area contributed by atoms with Crippen LogP contribution < -0.4 is 5.11 Å². The molecule has 22 heavy (non-hydrogen) atoms. The lowest BCUT2D eigenvalue weighted by molar-refractivity contribution is -0.319. The van der Waals surface area contributed by atoms with Crippen molar-refractivity contribution in [2.75, 3.05) is 0 Å². The molecule has 1 aromatic heterocycles. The molecule has 1 aromatic carbocycles. The van der Waals surface area contributed by atoms with Gasteiger partial charge in [0, 0.05) is 33.5 Å². The van der Waals surface area contributed by atoms with E-state index in [4.69, 9.17) is 16.1 Å². The molecule has 2 aromatic rings. The van der Waals surface area contributed by atoms with Gasteiger partial charge in [-0.15, -0.1) is 0 Å². The Morgan fingerprint density at radius 3 is 2.73 bits per heavy atom. The zero-order valence-corrected chi connectivity index (χ0v) is 13.3. The highest BCUT2D eigenvalue weighted by molar-refractivity contribution is 6.30. The van der Waals surface area contributed by atoms with Gasteiger partial charge in [0.15, 0.2) is 0 Å². The first-order valence-corrected chi connectivity index (χ1v) is 7.74. The predicted octanol–water partition coefficient (Wildman–Crippen LogP) is 3.19. The molecule has 2 atom stereocenters. The summed E-state index contributed by atoms with van der Waals surface area (Å²) < 4.78 is 5.54. The van der Waals surface area contributed by atoms with Crippen LogP contribution in [0.1, 0.15) is 43.9 Å². The molecule has 0 radical (unpaired) electrons. The van der Waals surface area contributed by atoms with E-state index in [1.54, 1.807) is 6.92 Å². The van der Waals surface area contributed by atoms with E-state index >= 15 is 0 Å². The largest absolute Gasteiger partial charge is 0.550 e. The van der Waals surface area contributed by atoms with E-state index in [0.717, 1.165) is 22.6 Å². The summed E-state index contributed by atoms with van der Waals surface area (Å²) in [5.74, 6) is -0.214. The molecule has 3 rings (SSSR count). The number of carbonyl (C=O) groups is 1. The summed E-state index contributed by atoms with van der Waals surface area (Å²) in [6, 6.07) is 7.41. The van der Waals surface area contributed by atoms with Crippen molar-refractivity contribution in [1.29, 1.82) is 0 Å². The maximum absolute atomic E-state index is 11.5. The summed E-state index contributed by atoms with van der Waals surface area (Å²) in [6.45, 7) is 3.72.